The highest BCUT2D eigenvalue weighted by molar-refractivity contribution is 7.99. The maximum atomic E-state index is 13.1. The fraction of sp³-hybridized carbons (Fsp3) is 0.500. The van der Waals surface area contributed by atoms with Gasteiger partial charge in [0, 0.05) is 11.3 Å². The summed E-state index contributed by atoms with van der Waals surface area (Å²) in [5.41, 5.74) is 0.00581. The number of aromatic hydroxyl groups is 1. The molecule has 2 atom stereocenters. The summed E-state index contributed by atoms with van der Waals surface area (Å²) in [5.74, 6) is -1.10. The van der Waals surface area contributed by atoms with Crippen molar-refractivity contribution in [3.05, 3.63) is 29.6 Å². The van der Waals surface area contributed by atoms with Gasteiger partial charge >= 0.3 is 0 Å². The van der Waals surface area contributed by atoms with Crippen LogP contribution in [0.5, 0.6) is 5.75 Å². The Morgan fingerprint density at radius 3 is 3.00 bits per heavy atom. The number of halogens is 1. The van der Waals surface area contributed by atoms with Crippen LogP contribution >= 0.6 is 11.8 Å². The molecule has 2 N–H and O–H groups in total. The third-order valence-electron chi connectivity index (χ3n) is 3.50. The summed E-state index contributed by atoms with van der Waals surface area (Å²) in [6, 6.07) is 3.52. The highest BCUT2D eigenvalue weighted by Gasteiger charge is 2.23. The van der Waals surface area contributed by atoms with Crippen LogP contribution in [-0.4, -0.2) is 28.6 Å². The highest BCUT2D eigenvalue weighted by atomic mass is 32.2. The Kier molecular flexibility index (Phi) is 4.69. The van der Waals surface area contributed by atoms with Crippen molar-refractivity contribution in [1.29, 1.82) is 0 Å². The Morgan fingerprint density at radius 1 is 1.47 bits per heavy atom. The van der Waals surface area contributed by atoms with Gasteiger partial charge in [0.2, 0.25) is 0 Å². The van der Waals surface area contributed by atoms with Crippen LogP contribution in [0.1, 0.15) is 36.0 Å². The van der Waals surface area contributed by atoms with Crippen molar-refractivity contribution in [2.75, 3.05) is 6.26 Å². The second kappa shape index (κ2) is 6.28. The molecule has 0 saturated heterocycles. The summed E-state index contributed by atoms with van der Waals surface area (Å²) in [5, 5.41) is 13.1. The molecule has 5 heteroatoms. The fourth-order valence-corrected chi connectivity index (χ4v) is 3.27. The molecule has 1 aromatic rings. The monoisotopic (exact) mass is 283 g/mol. The molecule has 1 aliphatic carbocycles. The van der Waals surface area contributed by atoms with Crippen molar-refractivity contribution in [2.45, 2.75) is 37.0 Å². The quantitative estimate of drug-likeness (QED) is 0.896. The Balaban J connectivity index is 2.02. The topological polar surface area (TPSA) is 49.3 Å². The van der Waals surface area contributed by atoms with Gasteiger partial charge in [0.1, 0.15) is 11.6 Å². The number of nitrogens with one attached hydrogen (secondary N) is 1. The van der Waals surface area contributed by atoms with Gasteiger partial charge in [-0.15, -0.1) is 0 Å². The number of benzene rings is 1. The van der Waals surface area contributed by atoms with Crippen molar-refractivity contribution in [3.63, 3.8) is 0 Å². The third-order valence-corrected chi connectivity index (χ3v) is 4.59. The highest BCUT2D eigenvalue weighted by Crippen LogP contribution is 2.27. The van der Waals surface area contributed by atoms with E-state index < -0.39 is 11.7 Å². The smallest absolute Gasteiger partial charge is 0.255 e. The van der Waals surface area contributed by atoms with Crippen molar-refractivity contribution in [1.82, 2.24) is 5.32 Å². The first-order chi connectivity index (χ1) is 9.10. The van der Waals surface area contributed by atoms with E-state index in [9.17, 15) is 14.3 Å². The lowest BCUT2D eigenvalue weighted by molar-refractivity contribution is 0.0925. The number of carbonyl (C=O) groups excluding carboxylic acids is 1. The Hall–Kier alpha value is -1.23. The van der Waals surface area contributed by atoms with E-state index in [0.717, 1.165) is 31.4 Å². The van der Waals surface area contributed by atoms with Gasteiger partial charge in [-0.05, 0) is 43.7 Å². The van der Waals surface area contributed by atoms with Crippen LogP contribution in [-0.2, 0) is 0 Å². The molecule has 0 aliphatic heterocycles. The zero-order chi connectivity index (χ0) is 13.8. The van der Waals surface area contributed by atoms with E-state index in [-0.39, 0.29) is 17.4 Å². The number of phenolic OH excluding ortho intramolecular Hbond substituents is 1. The first kappa shape index (κ1) is 14.2. The molecular weight excluding hydrogens is 265 g/mol. The maximum Gasteiger partial charge on any atom is 0.255 e. The lowest BCUT2D eigenvalue weighted by Crippen LogP contribution is -2.39. The number of carbonyl (C=O) groups is 1. The molecule has 2 rings (SSSR count). The van der Waals surface area contributed by atoms with Crippen LogP contribution in [0.4, 0.5) is 4.39 Å². The van der Waals surface area contributed by atoms with E-state index in [1.54, 1.807) is 0 Å². The number of phenols is 1. The van der Waals surface area contributed by atoms with Crippen LogP contribution in [0, 0.1) is 5.82 Å². The molecule has 1 amide bonds. The second-order valence-corrected chi connectivity index (χ2v) is 5.99. The van der Waals surface area contributed by atoms with Crippen molar-refractivity contribution in [2.24, 2.45) is 0 Å². The van der Waals surface area contributed by atoms with Crippen molar-refractivity contribution >= 4 is 17.7 Å². The molecule has 104 valence electrons. The Bertz CT molecular complexity index is 467. The lowest BCUT2D eigenvalue weighted by Gasteiger charge is -2.28. The molecule has 2 unspecified atom stereocenters. The van der Waals surface area contributed by atoms with E-state index in [0.29, 0.717) is 5.25 Å². The van der Waals surface area contributed by atoms with E-state index in [1.165, 1.54) is 12.5 Å². The first-order valence-corrected chi connectivity index (χ1v) is 7.71. The van der Waals surface area contributed by atoms with E-state index >= 15 is 0 Å². The summed E-state index contributed by atoms with van der Waals surface area (Å²) in [6.07, 6.45) is 6.22. The molecule has 0 heterocycles. The van der Waals surface area contributed by atoms with Crippen LogP contribution in [0.15, 0.2) is 18.2 Å². The molecule has 0 aromatic heterocycles. The van der Waals surface area contributed by atoms with Gasteiger partial charge in [-0.1, -0.05) is 6.42 Å². The molecule has 1 aromatic carbocycles. The predicted molar refractivity (Wildman–Crippen MR) is 75.1 cm³/mol. The lowest BCUT2D eigenvalue weighted by atomic mass is 9.94. The zero-order valence-electron chi connectivity index (χ0n) is 10.9. The van der Waals surface area contributed by atoms with Gasteiger partial charge in [0.15, 0.2) is 0 Å². The maximum absolute atomic E-state index is 13.1. The summed E-state index contributed by atoms with van der Waals surface area (Å²) < 4.78 is 13.1. The summed E-state index contributed by atoms with van der Waals surface area (Å²) in [6.45, 7) is 0. The normalized spacial score (nSPS) is 23.1. The van der Waals surface area contributed by atoms with Crippen LogP contribution < -0.4 is 5.32 Å². The van der Waals surface area contributed by atoms with Gasteiger partial charge in [-0.25, -0.2) is 4.39 Å². The van der Waals surface area contributed by atoms with Crippen molar-refractivity contribution in [3.8, 4) is 5.75 Å². The average Bonchev–Trinajstić information content (AvgIpc) is 2.41. The minimum Gasteiger partial charge on any atom is -0.507 e. The summed E-state index contributed by atoms with van der Waals surface area (Å²) >= 11 is 1.82. The van der Waals surface area contributed by atoms with Gasteiger partial charge in [0.05, 0.1) is 5.56 Å². The summed E-state index contributed by atoms with van der Waals surface area (Å²) in [4.78, 5) is 12.0. The molecular formula is C14H18FNO2S. The third kappa shape index (κ3) is 3.62. The number of hydrogen-bond acceptors (Lipinski definition) is 3. The van der Waals surface area contributed by atoms with Crippen LogP contribution in [0.25, 0.3) is 0 Å². The van der Waals surface area contributed by atoms with E-state index in [1.807, 2.05) is 11.8 Å². The number of thioether (sulfide) groups is 1. The standard InChI is InChI=1S/C14H18FNO2S/c1-19-11-4-2-3-10(8-11)16-14(18)12-7-9(15)5-6-13(12)17/h5-7,10-11,17H,2-4,8H2,1H3,(H,16,18). The SMILES string of the molecule is CSC1CCCC(NC(=O)c2cc(F)ccc2O)C1. The molecule has 0 spiro atoms. The molecule has 0 radical (unpaired) electrons. The molecule has 19 heavy (non-hydrogen) atoms. The first-order valence-electron chi connectivity index (χ1n) is 6.42. The molecule has 1 aliphatic rings. The van der Waals surface area contributed by atoms with Crippen LogP contribution in [0.3, 0.4) is 0 Å². The van der Waals surface area contributed by atoms with Gasteiger partial charge in [-0.3, -0.25) is 4.79 Å². The second-order valence-electron chi connectivity index (χ2n) is 4.86. The van der Waals surface area contributed by atoms with E-state index in [4.69, 9.17) is 0 Å². The van der Waals surface area contributed by atoms with Gasteiger partial charge < -0.3 is 10.4 Å². The molecule has 1 saturated carbocycles. The van der Waals surface area contributed by atoms with Crippen molar-refractivity contribution < 1.29 is 14.3 Å². The largest absolute Gasteiger partial charge is 0.507 e. The van der Waals surface area contributed by atoms with Gasteiger partial charge in [0.25, 0.3) is 5.91 Å². The average molecular weight is 283 g/mol. The van der Waals surface area contributed by atoms with Crippen LogP contribution in [0.2, 0.25) is 0 Å². The Labute approximate surface area is 116 Å². The van der Waals surface area contributed by atoms with Gasteiger partial charge in [-0.2, -0.15) is 11.8 Å². The summed E-state index contributed by atoms with van der Waals surface area (Å²) in [7, 11) is 0. The number of hydrogen-bond donors (Lipinski definition) is 2. The molecule has 0 bridgehead atoms. The van der Waals surface area contributed by atoms with E-state index in [2.05, 4.69) is 11.6 Å². The Morgan fingerprint density at radius 2 is 2.26 bits per heavy atom. The predicted octanol–water partition coefficient (Wildman–Crippen LogP) is 2.94. The zero-order valence-corrected chi connectivity index (χ0v) is 11.7. The number of amides is 1. The number of rotatable bonds is 3. The minimum absolute atomic E-state index is 0.00581. The molecule has 1 fully saturated rings. The fourth-order valence-electron chi connectivity index (χ4n) is 2.44. The molecule has 3 nitrogen and oxygen atoms in total. The minimum atomic E-state index is -0.520.